The first-order chi connectivity index (χ1) is 16.0. The third kappa shape index (κ3) is 4.74. The molecule has 3 aromatic carbocycles. The van der Waals surface area contributed by atoms with Crippen LogP contribution in [-0.4, -0.2) is 19.7 Å². The first-order valence-corrected chi connectivity index (χ1v) is 10.2. The molecule has 1 aromatic heterocycles. The van der Waals surface area contributed by atoms with Gasteiger partial charge in [-0.05, 0) is 54.4 Å². The van der Waals surface area contributed by atoms with Crippen LogP contribution in [0.15, 0.2) is 86.2 Å². The first-order valence-electron chi connectivity index (χ1n) is 10.2. The number of benzene rings is 3. The van der Waals surface area contributed by atoms with Gasteiger partial charge in [-0.25, -0.2) is 9.59 Å². The molecule has 2 N–H and O–H groups in total. The molecule has 0 bridgehead atoms. The van der Waals surface area contributed by atoms with E-state index in [2.05, 4.69) is 10.2 Å². The van der Waals surface area contributed by atoms with E-state index in [9.17, 15) is 9.59 Å². The minimum atomic E-state index is -0.779. The zero-order valence-corrected chi connectivity index (χ0v) is 18.1. The molecule has 0 aliphatic carbocycles. The Balaban J connectivity index is 1.65. The second-order valence-electron chi connectivity index (χ2n) is 7.10. The van der Waals surface area contributed by atoms with E-state index in [1.54, 1.807) is 13.0 Å². The summed E-state index contributed by atoms with van der Waals surface area (Å²) < 4.78 is 15.5. The number of methoxy groups -OCH3 is 1. The van der Waals surface area contributed by atoms with E-state index in [1.165, 1.54) is 19.2 Å². The van der Waals surface area contributed by atoms with Gasteiger partial charge in [-0.1, -0.05) is 24.3 Å². The van der Waals surface area contributed by atoms with E-state index in [-0.39, 0.29) is 17.8 Å². The molecule has 0 aliphatic rings. The minimum Gasteiger partial charge on any atom is -0.494 e. The Hall–Kier alpha value is -4.46. The van der Waals surface area contributed by atoms with Crippen LogP contribution < -0.4 is 16.1 Å². The van der Waals surface area contributed by atoms with Crippen LogP contribution in [-0.2, 0) is 4.74 Å². The molecule has 166 valence electrons. The average molecular weight is 443 g/mol. The van der Waals surface area contributed by atoms with Crippen molar-refractivity contribution in [1.82, 2.24) is 0 Å². The maximum Gasteiger partial charge on any atom is 0.351 e. The summed E-state index contributed by atoms with van der Waals surface area (Å²) in [6.45, 7) is 1.81. The number of carbonyl (C=O) groups is 1. The van der Waals surface area contributed by atoms with Crippen molar-refractivity contribution in [2.24, 2.45) is 10.2 Å². The fourth-order valence-electron chi connectivity index (χ4n) is 3.24. The number of esters is 1. The molecule has 0 atom stereocenters. The number of hydrogen-bond donors (Lipinski definition) is 1. The minimum absolute atomic E-state index is 0.148. The number of fused-ring (bicyclic) bond motifs is 1. The van der Waals surface area contributed by atoms with Crippen molar-refractivity contribution in [3.8, 4) is 16.9 Å². The van der Waals surface area contributed by atoms with E-state index in [1.807, 2.05) is 48.5 Å². The number of nitrogen functional groups attached to an aromatic ring is 1. The topological polar surface area (TPSA) is 116 Å². The lowest BCUT2D eigenvalue weighted by molar-refractivity contribution is 0.0522. The Morgan fingerprint density at radius 3 is 2.27 bits per heavy atom. The molecule has 0 saturated carbocycles. The van der Waals surface area contributed by atoms with Crippen molar-refractivity contribution < 1.29 is 18.7 Å². The Kier molecular flexibility index (Phi) is 6.17. The molecule has 4 aromatic rings. The summed E-state index contributed by atoms with van der Waals surface area (Å²) in [4.78, 5) is 24.2. The monoisotopic (exact) mass is 443 g/mol. The van der Waals surface area contributed by atoms with Crippen LogP contribution in [0.5, 0.6) is 5.75 Å². The van der Waals surface area contributed by atoms with E-state index >= 15 is 0 Å². The number of nitrogens with zero attached hydrogens (tertiary/aromatic N) is 2. The maximum atomic E-state index is 12.1. The first kappa shape index (κ1) is 21.8. The Labute approximate surface area is 189 Å². The van der Waals surface area contributed by atoms with Crippen molar-refractivity contribution in [3.63, 3.8) is 0 Å². The normalized spacial score (nSPS) is 11.1. The second kappa shape index (κ2) is 9.35. The highest BCUT2D eigenvalue weighted by molar-refractivity contribution is 5.94. The fraction of sp³-hybridized carbons (Fsp3) is 0.120. The summed E-state index contributed by atoms with van der Waals surface area (Å²) in [6.07, 6.45) is 0. The van der Waals surface area contributed by atoms with Crippen molar-refractivity contribution in [1.29, 1.82) is 0 Å². The smallest absolute Gasteiger partial charge is 0.351 e. The molecule has 4 rings (SSSR count). The molecule has 33 heavy (non-hydrogen) atoms. The molecule has 0 amide bonds. The Morgan fingerprint density at radius 1 is 0.970 bits per heavy atom. The van der Waals surface area contributed by atoms with Gasteiger partial charge in [-0.2, -0.15) is 5.11 Å². The largest absolute Gasteiger partial charge is 0.494 e. The summed E-state index contributed by atoms with van der Waals surface area (Å²) in [5.41, 5.74) is 8.88. The van der Waals surface area contributed by atoms with E-state index < -0.39 is 11.6 Å². The van der Waals surface area contributed by atoms with Crippen LogP contribution in [0.4, 0.5) is 17.1 Å². The van der Waals surface area contributed by atoms with Gasteiger partial charge in [-0.15, -0.1) is 5.11 Å². The van der Waals surface area contributed by atoms with Gasteiger partial charge in [0.1, 0.15) is 22.6 Å². The van der Waals surface area contributed by atoms with Gasteiger partial charge in [0.25, 0.3) is 0 Å². The number of nitrogens with two attached hydrogens (primary N) is 1. The van der Waals surface area contributed by atoms with E-state index in [0.29, 0.717) is 28.2 Å². The van der Waals surface area contributed by atoms with Gasteiger partial charge >= 0.3 is 11.6 Å². The van der Waals surface area contributed by atoms with Gasteiger partial charge in [-0.3, -0.25) is 0 Å². The van der Waals surface area contributed by atoms with Gasteiger partial charge in [0, 0.05) is 17.1 Å². The maximum absolute atomic E-state index is 12.1. The van der Waals surface area contributed by atoms with Gasteiger partial charge in [0.05, 0.1) is 19.4 Å². The summed E-state index contributed by atoms with van der Waals surface area (Å²) in [7, 11) is 1.48. The molecule has 0 radical (unpaired) electrons. The molecule has 0 fully saturated rings. The third-order valence-corrected chi connectivity index (χ3v) is 4.91. The molecular formula is C25H21N3O5. The zero-order valence-electron chi connectivity index (χ0n) is 18.1. The number of azo groups is 1. The predicted octanol–water partition coefficient (Wildman–Crippen LogP) is 5.64. The van der Waals surface area contributed by atoms with Crippen LogP contribution in [0.1, 0.15) is 17.3 Å². The van der Waals surface area contributed by atoms with Crippen LogP contribution >= 0.6 is 0 Å². The number of ether oxygens (including phenoxy) is 2. The van der Waals surface area contributed by atoms with Crippen LogP contribution in [0, 0.1) is 0 Å². The van der Waals surface area contributed by atoms with Gasteiger partial charge in [0.2, 0.25) is 0 Å². The summed E-state index contributed by atoms with van der Waals surface area (Å²) in [5.74, 6) is -0.370. The Bertz CT molecular complexity index is 1390. The lowest BCUT2D eigenvalue weighted by Crippen LogP contribution is -2.16. The molecule has 0 aliphatic heterocycles. The van der Waals surface area contributed by atoms with Gasteiger partial charge < -0.3 is 19.6 Å². The van der Waals surface area contributed by atoms with Crippen molar-refractivity contribution >= 4 is 34.0 Å². The molecule has 1 heterocycles. The third-order valence-electron chi connectivity index (χ3n) is 4.91. The predicted molar refractivity (Wildman–Crippen MR) is 125 cm³/mol. The lowest BCUT2D eigenvalue weighted by atomic mass is 10.1. The highest BCUT2D eigenvalue weighted by Crippen LogP contribution is 2.34. The lowest BCUT2D eigenvalue weighted by Gasteiger charge is -2.07. The van der Waals surface area contributed by atoms with Crippen LogP contribution in [0.2, 0.25) is 0 Å². The van der Waals surface area contributed by atoms with Gasteiger partial charge in [0.15, 0.2) is 0 Å². The number of rotatable bonds is 6. The standard InChI is InChI=1S/C25H21N3O5/c1-3-32-24(29)20-12-17-13-21(23(31-2)14-22(17)33-25(20)30)28-27-19-10-6-16(7-11-19)15-4-8-18(26)9-5-15/h4-14H,3,26H2,1-2H3. The molecule has 0 saturated heterocycles. The number of anilines is 1. The average Bonchev–Trinajstić information content (AvgIpc) is 2.83. The number of carbonyl (C=O) groups excluding carboxylic acids is 1. The zero-order chi connectivity index (χ0) is 23.4. The molecule has 8 nitrogen and oxygen atoms in total. The quantitative estimate of drug-likeness (QED) is 0.178. The molecule has 0 spiro atoms. The van der Waals surface area contributed by atoms with E-state index in [0.717, 1.165) is 11.1 Å². The molecule has 0 unspecified atom stereocenters. The van der Waals surface area contributed by atoms with Crippen molar-refractivity contribution in [3.05, 3.63) is 82.7 Å². The Morgan fingerprint density at radius 2 is 1.64 bits per heavy atom. The highest BCUT2D eigenvalue weighted by Gasteiger charge is 2.16. The summed E-state index contributed by atoms with van der Waals surface area (Å²) >= 11 is 0. The second-order valence-corrected chi connectivity index (χ2v) is 7.10. The van der Waals surface area contributed by atoms with Crippen molar-refractivity contribution in [2.45, 2.75) is 6.92 Å². The summed E-state index contributed by atoms with van der Waals surface area (Å²) in [6, 6.07) is 19.8. The molecular weight excluding hydrogens is 422 g/mol. The highest BCUT2D eigenvalue weighted by atomic mass is 16.5. The summed E-state index contributed by atoms with van der Waals surface area (Å²) in [5, 5.41) is 9.07. The van der Waals surface area contributed by atoms with E-state index in [4.69, 9.17) is 19.6 Å². The molecule has 8 heteroatoms. The fourth-order valence-corrected chi connectivity index (χ4v) is 3.24. The van der Waals surface area contributed by atoms with Crippen LogP contribution in [0.3, 0.4) is 0 Å². The van der Waals surface area contributed by atoms with Crippen molar-refractivity contribution in [2.75, 3.05) is 19.5 Å². The van der Waals surface area contributed by atoms with Crippen LogP contribution in [0.25, 0.3) is 22.1 Å². The SMILES string of the molecule is CCOC(=O)c1cc2cc(N=Nc3ccc(-c4ccc(N)cc4)cc3)c(OC)cc2oc1=O. The number of hydrogen-bond acceptors (Lipinski definition) is 8.